The number of benzene rings is 1. The van der Waals surface area contributed by atoms with Crippen molar-refractivity contribution >= 4 is 23.1 Å². The smallest absolute Gasteiger partial charge is 0.195 e. The fraction of sp³-hybridized carbons (Fsp3) is 0.450. The molecule has 0 saturated carbocycles. The van der Waals surface area contributed by atoms with E-state index in [1.807, 2.05) is 23.6 Å². The zero-order valence-electron chi connectivity index (χ0n) is 16.0. The van der Waals surface area contributed by atoms with Crippen LogP contribution in [0.15, 0.2) is 24.5 Å². The van der Waals surface area contributed by atoms with Crippen molar-refractivity contribution in [2.75, 3.05) is 31.6 Å². The molecule has 8 heteroatoms. The normalized spacial score (nSPS) is 22.8. The van der Waals surface area contributed by atoms with Gasteiger partial charge in [-0.3, -0.25) is 4.40 Å². The Kier molecular flexibility index (Phi) is 4.17. The molecule has 0 unspecified atom stereocenters. The molecule has 146 valence electrons. The van der Waals surface area contributed by atoms with Crippen LogP contribution in [0.1, 0.15) is 18.4 Å². The van der Waals surface area contributed by atoms with Gasteiger partial charge < -0.3 is 14.9 Å². The van der Waals surface area contributed by atoms with Crippen LogP contribution in [-0.2, 0) is 0 Å². The molecule has 0 aliphatic carbocycles. The first-order valence-electron chi connectivity index (χ1n) is 9.67. The summed E-state index contributed by atoms with van der Waals surface area (Å²) in [7, 11) is 2.18. The molecule has 3 aromatic rings. The monoisotopic (exact) mass is 398 g/mol. The highest BCUT2D eigenvalue weighted by molar-refractivity contribution is 6.31. The molecular formula is C20H23ClN6O. The van der Waals surface area contributed by atoms with Crippen LogP contribution in [0.4, 0.5) is 5.82 Å². The number of hydrogen-bond donors (Lipinski definition) is 1. The summed E-state index contributed by atoms with van der Waals surface area (Å²) in [5.41, 5.74) is 2.24. The van der Waals surface area contributed by atoms with Crippen molar-refractivity contribution in [1.29, 1.82) is 0 Å². The summed E-state index contributed by atoms with van der Waals surface area (Å²) >= 11 is 6.13. The Labute approximate surface area is 168 Å². The highest BCUT2D eigenvalue weighted by atomic mass is 35.5. The molecule has 2 atom stereocenters. The minimum atomic E-state index is 0.0859. The predicted molar refractivity (Wildman–Crippen MR) is 109 cm³/mol. The number of anilines is 1. The molecule has 5 rings (SSSR count). The van der Waals surface area contributed by atoms with E-state index in [4.69, 9.17) is 11.6 Å². The van der Waals surface area contributed by atoms with Crippen molar-refractivity contribution in [1.82, 2.24) is 24.5 Å². The topological polar surface area (TPSA) is 69.8 Å². The molecule has 0 radical (unpaired) electrons. The van der Waals surface area contributed by atoms with Gasteiger partial charge in [0.05, 0.1) is 5.56 Å². The summed E-state index contributed by atoms with van der Waals surface area (Å²) in [6.45, 7) is 5.08. The minimum absolute atomic E-state index is 0.0859. The molecule has 4 heterocycles. The number of imidazole rings is 1. The van der Waals surface area contributed by atoms with E-state index in [0.717, 1.165) is 36.7 Å². The maximum absolute atomic E-state index is 10.4. The van der Waals surface area contributed by atoms with Gasteiger partial charge in [0.25, 0.3) is 0 Å². The molecule has 2 aliphatic heterocycles. The molecule has 2 aromatic heterocycles. The van der Waals surface area contributed by atoms with Gasteiger partial charge >= 0.3 is 0 Å². The molecule has 1 aromatic carbocycles. The quantitative estimate of drug-likeness (QED) is 0.715. The lowest BCUT2D eigenvalue weighted by atomic mass is 9.92. The lowest BCUT2D eigenvalue weighted by Gasteiger charge is -2.36. The summed E-state index contributed by atoms with van der Waals surface area (Å²) in [4.78, 5) is 9.33. The number of aryl methyl sites for hydroxylation is 1. The van der Waals surface area contributed by atoms with Crippen LogP contribution in [-0.4, -0.2) is 62.3 Å². The summed E-state index contributed by atoms with van der Waals surface area (Å²) < 4.78 is 1.91. The van der Waals surface area contributed by atoms with Gasteiger partial charge in [-0.2, -0.15) is 0 Å². The average molecular weight is 399 g/mol. The number of aromatic nitrogens is 4. The Bertz CT molecular complexity index is 1050. The van der Waals surface area contributed by atoms with Gasteiger partial charge in [0, 0.05) is 36.5 Å². The fourth-order valence-corrected chi connectivity index (χ4v) is 4.77. The number of hydrogen-bond acceptors (Lipinski definition) is 6. The molecule has 2 fully saturated rings. The number of phenolic OH excluding ortho intramolecular Hbond substituents is 1. The number of halogens is 1. The summed E-state index contributed by atoms with van der Waals surface area (Å²) in [6.07, 6.45) is 6.04. The predicted octanol–water partition coefficient (Wildman–Crippen LogP) is 2.99. The molecule has 7 nitrogen and oxygen atoms in total. The number of fused-ring (bicyclic) bond motifs is 2. The largest absolute Gasteiger partial charge is 0.507 e. The number of nitrogens with zero attached hydrogens (tertiary/aromatic N) is 6. The maximum atomic E-state index is 10.4. The number of piperidine rings is 1. The molecule has 28 heavy (non-hydrogen) atoms. The third-order valence-corrected chi connectivity index (χ3v) is 6.57. The van der Waals surface area contributed by atoms with Gasteiger partial charge in [-0.15, -0.1) is 10.2 Å². The van der Waals surface area contributed by atoms with Crippen LogP contribution < -0.4 is 4.90 Å². The van der Waals surface area contributed by atoms with Gasteiger partial charge in [-0.25, -0.2) is 4.98 Å². The Hall–Kier alpha value is -2.38. The SMILES string of the molecule is Cc1cc(-c2nnc(N3CC[C@H]4CCN(C)C[C@H]43)c3nccn23)c(O)cc1Cl. The standard InChI is InChI=1S/C20H23ClN6O/c1-12-9-14(17(28)10-15(12)21)18-23-24-20(19-22-5-8-27(18)19)26-7-4-13-3-6-25(2)11-16(13)26/h5,8-10,13,16,28H,3-4,6-7,11H2,1-2H3/t13-,16-/m1/s1. The first kappa shape index (κ1) is 17.7. The Balaban J connectivity index is 1.60. The molecule has 0 spiro atoms. The van der Waals surface area contributed by atoms with Crippen LogP contribution >= 0.6 is 11.6 Å². The van der Waals surface area contributed by atoms with Gasteiger partial charge in [0.1, 0.15) is 5.75 Å². The Morgan fingerprint density at radius 2 is 2.00 bits per heavy atom. The van der Waals surface area contributed by atoms with Crippen molar-refractivity contribution < 1.29 is 5.11 Å². The number of likely N-dealkylation sites (N-methyl/N-ethyl adjacent to an activating group) is 1. The van der Waals surface area contributed by atoms with Crippen LogP contribution in [0.25, 0.3) is 17.0 Å². The molecule has 2 saturated heterocycles. The fourth-order valence-electron chi connectivity index (χ4n) is 4.61. The zero-order chi connectivity index (χ0) is 19.4. The van der Waals surface area contributed by atoms with E-state index in [0.29, 0.717) is 28.4 Å². The second kappa shape index (κ2) is 6.60. The summed E-state index contributed by atoms with van der Waals surface area (Å²) in [5, 5.41) is 20.0. The number of likely N-dealkylation sites (tertiary alicyclic amines) is 1. The minimum Gasteiger partial charge on any atom is -0.507 e. The summed E-state index contributed by atoms with van der Waals surface area (Å²) in [5.74, 6) is 2.17. The second-order valence-electron chi connectivity index (χ2n) is 7.95. The van der Waals surface area contributed by atoms with Gasteiger partial charge in [0.2, 0.25) is 0 Å². The maximum Gasteiger partial charge on any atom is 0.195 e. The first-order chi connectivity index (χ1) is 13.5. The van der Waals surface area contributed by atoms with Crippen LogP contribution in [0, 0.1) is 12.8 Å². The molecule has 0 amide bonds. The molecule has 2 aliphatic rings. The Morgan fingerprint density at radius 1 is 1.18 bits per heavy atom. The van der Waals surface area contributed by atoms with Gasteiger partial charge in [-0.1, -0.05) is 11.6 Å². The van der Waals surface area contributed by atoms with Crippen molar-refractivity contribution in [3.8, 4) is 17.1 Å². The Morgan fingerprint density at radius 3 is 2.86 bits per heavy atom. The second-order valence-corrected chi connectivity index (χ2v) is 8.35. The van der Waals surface area contributed by atoms with Crippen LogP contribution in [0.5, 0.6) is 5.75 Å². The number of phenols is 1. The lowest BCUT2D eigenvalue weighted by molar-refractivity contribution is 0.208. The van der Waals surface area contributed by atoms with Crippen molar-refractivity contribution in [2.24, 2.45) is 5.92 Å². The van der Waals surface area contributed by atoms with E-state index in [-0.39, 0.29) is 5.75 Å². The first-order valence-corrected chi connectivity index (χ1v) is 10.0. The van der Waals surface area contributed by atoms with Crippen molar-refractivity contribution in [3.05, 3.63) is 35.1 Å². The number of aromatic hydroxyl groups is 1. The van der Waals surface area contributed by atoms with E-state index in [1.54, 1.807) is 12.3 Å². The molecule has 1 N–H and O–H groups in total. The third-order valence-electron chi connectivity index (χ3n) is 6.16. The van der Waals surface area contributed by atoms with E-state index in [1.165, 1.54) is 12.8 Å². The van der Waals surface area contributed by atoms with E-state index in [2.05, 4.69) is 32.0 Å². The van der Waals surface area contributed by atoms with E-state index in [9.17, 15) is 5.11 Å². The lowest BCUT2D eigenvalue weighted by Crippen LogP contribution is -2.47. The molecule has 0 bridgehead atoms. The van der Waals surface area contributed by atoms with Crippen LogP contribution in [0.3, 0.4) is 0 Å². The third kappa shape index (κ3) is 2.72. The highest BCUT2D eigenvalue weighted by Gasteiger charge is 2.39. The van der Waals surface area contributed by atoms with Crippen molar-refractivity contribution in [2.45, 2.75) is 25.8 Å². The summed E-state index contributed by atoms with van der Waals surface area (Å²) in [6, 6.07) is 3.83. The van der Waals surface area contributed by atoms with E-state index >= 15 is 0 Å². The van der Waals surface area contributed by atoms with E-state index < -0.39 is 0 Å². The van der Waals surface area contributed by atoms with Gasteiger partial charge in [0.15, 0.2) is 17.3 Å². The highest BCUT2D eigenvalue weighted by Crippen LogP contribution is 2.37. The average Bonchev–Trinajstić information content (AvgIpc) is 3.31. The zero-order valence-corrected chi connectivity index (χ0v) is 16.8. The van der Waals surface area contributed by atoms with Crippen molar-refractivity contribution in [3.63, 3.8) is 0 Å². The van der Waals surface area contributed by atoms with Gasteiger partial charge in [-0.05, 0) is 57.0 Å². The number of rotatable bonds is 2. The molecular weight excluding hydrogens is 376 g/mol. The van der Waals surface area contributed by atoms with Crippen LogP contribution in [0.2, 0.25) is 5.02 Å².